The lowest BCUT2D eigenvalue weighted by Gasteiger charge is -2.48. The topological polar surface area (TPSA) is 56.6 Å². The zero-order chi connectivity index (χ0) is 18.8. The highest BCUT2D eigenvalue weighted by Gasteiger charge is 2.38. The molecule has 2 saturated heterocycles. The number of morpholine rings is 1. The van der Waals surface area contributed by atoms with Crippen molar-refractivity contribution in [2.45, 2.75) is 12.1 Å². The van der Waals surface area contributed by atoms with Gasteiger partial charge in [-0.05, 0) is 23.8 Å². The SMILES string of the molecule is N#Cc1ccc(C(=O)N2CCN3[C@@H](COC[C@@H]3c3ccccc3)C2)c(F)c1. The van der Waals surface area contributed by atoms with E-state index in [9.17, 15) is 9.18 Å². The van der Waals surface area contributed by atoms with Crippen LogP contribution in [0.2, 0.25) is 0 Å². The van der Waals surface area contributed by atoms with E-state index in [0.29, 0.717) is 26.3 Å². The van der Waals surface area contributed by atoms with Crippen LogP contribution in [0.3, 0.4) is 0 Å². The molecule has 138 valence electrons. The molecular formula is C21H20FN3O2. The Balaban J connectivity index is 1.50. The van der Waals surface area contributed by atoms with Gasteiger partial charge in [-0.1, -0.05) is 30.3 Å². The molecule has 6 heteroatoms. The van der Waals surface area contributed by atoms with Crippen LogP contribution in [0.25, 0.3) is 0 Å². The van der Waals surface area contributed by atoms with Crippen LogP contribution in [-0.2, 0) is 4.74 Å². The van der Waals surface area contributed by atoms with Gasteiger partial charge in [-0.25, -0.2) is 4.39 Å². The monoisotopic (exact) mass is 365 g/mol. The van der Waals surface area contributed by atoms with Crippen LogP contribution in [0, 0.1) is 17.1 Å². The van der Waals surface area contributed by atoms with Crippen molar-refractivity contribution in [2.75, 3.05) is 32.8 Å². The minimum atomic E-state index is -0.650. The summed E-state index contributed by atoms with van der Waals surface area (Å²) in [6, 6.07) is 16.4. The third-order valence-corrected chi connectivity index (χ3v) is 5.31. The number of hydrogen-bond acceptors (Lipinski definition) is 4. The molecule has 0 unspecified atom stereocenters. The van der Waals surface area contributed by atoms with Crippen LogP contribution >= 0.6 is 0 Å². The number of nitrogens with zero attached hydrogens (tertiary/aromatic N) is 3. The maximum atomic E-state index is 14.2. The Kier molecular flexibility index (Phi) is 4.88. The molecule has 0 spiro atoms. The van der Waals surface area contributed by atoms with Crippen LogP contribution < -0.4 is 0 Å². The third-order valence-electron chi connectivity index (χ3n) is 5.31. The lowest BCUT2D eigenvalue weighted by molar-refractivity contribution is -0.0770. The van der Waals surface area contributed by atoms with Gasteiger partial charge in [-0.15, -0.1) is 0 Å². The molecule has 0 N–H and O–H groups in total. The standard InChI is InChI=1S/C21H20FN3O2/c22-19-10-15(11-23)6-7-18(19)21(26)24-8-9-25-17(12-24)13-27-14-20(25)16-4-2-1-3-5-16/h1-7,10,17,20H,8-9,12-14H2/t17-,20-/m1/s1. The van der Waals surface area contributed by atoms with Crippen molar-refractivity contribution in [3.05, 3.63) is 71.0 Å². The third kappa shape index (κ3) is 3.44. The lowest BCUT2D eigenvalue weighted by atomic mass is 9.99. The predicted octanol–water partition coefficient (Wildman–Crippen LogP) is 2.60. The first kappa shape index (κ1) is 17.7. The van der Waals surface area contributed by atoms with Gasteiger partial charge in [0.15, 0.2) is 0 Å². The number of halogens is 1. The van der Waals surface area contributed by atoms with Crippen LogP contribution in [0.15, 0.2) is 48.5 Å². The second-order valence-electron chi connectivity index (χ2n) is 6.91. The minimum Gasteiger partial charge on any atom is -0.378 e. The van der Waals surface area contributed by atoms with E-state index in [1.807, 2.05) is 24.3 Å². The number of benzene rings is 2. The van der Waals surface area contributed by atoms with Gasteiger partial charge in [0.05, 0.1) is 42.5 Å². The van der Waals surface area contributed by atoms with Crippen LogP contribution in [0.1, 0.15) is 27.5 Å². The summed E-state index contributed by atoms with van der Waals surface area (Å²) in [5, 5.41) is 8.86. The Morgan fingerprint density at radius 1 is 1.15 bits per heavy atom. The van der Waals surface area contributed by atoms with Gasteiger partial charge in [0, 0.05) is 19.6 Å². The second kappa shape index (κ2) is 7.47. The summed E-state index contributed by atoms with van der Waals surface area (Å²) in [5.41, 5.74) is 1.43. The summed E-state index contributed by atoms with van der Waals surface area (Å²) in [4.78, 5) is 16.9. The van der Waals surface area contributed by atoms with Crippen molar-refractivity contribution >= 4 is 5.91 Å². The van der Waals surface area contributed by atoms with E-state index in [0.717, 1.165) is 12.6 Å². The molecule has 2 aromatic carbocycles. The minimum absolute atomic E-state index is 0.0128. The molecule has 2 aliphatic rings. The zero-order valence-corrected chi connectivity index (χ0v) is 14.8. The summed E-state index contributed by atoms with van der Waals surface area (Å²) in [7, 11) is 0. The molecule has 2 atom stereocenters. The van der Waals surface area contributed by atoms with Crippen molar-refractivity contribution in [1.82, 2.24) is 9.80 Å². The predicted molar refractivity (Wildman–Crippen MR) is 97.5 cm³/mol. The number of nitriles is 1. The van der Waals surface area contributed by atoms with Gasteiger partial charge in [0.1, 0.15) is 5.82 Å². The largest absolute Gasteiger partial charge is 0.378 e. The van der Waals surface area contributed by atoms with Gasteiger partial charge < -0.3 is 9.64 Å². The summed E-state index contributed by atoms with van der Waals surface area (Å²) in [6.07, 6.45) is 0. The Bertz CT molecular complexity index is 881. The molecule has 5 nitrogen and oxygen atoms in total. The average molecular weight is 365 g/mol. The summed E-state index contributed by atoms with van der Waals surface area (Å²) < 4.78 is 20.0. The van der Waals surface area contributed by atoms with E-state index >= 15 is 0 Å². The number of amides is 1. The Hall–Kier alpha value is -2.75. The Morgan fingerprint density at radius 3 is 2.70 bits per heavy atom. The first-order chi connectivity index (χ1) is 13.2. The highest BCUT2D eigenvalue weighted by molar-refractivity contribution is 5.94. The molecule has 2 aromatic rings. The molecule has 27 heavy (non-hydrogen) atoms. The molecule has 0 radical (unpaired) electrons. The molecule has 0 bridgehead atoms. The van der Waals surface area contributed by atoms with E-state index < -0.39 is 5.82 Å². The molecule has 4 rings (SSSR count). The fourth-order valence-electron chi connectivity index (χ4n) is 3.92. The van der Waals surface area contributed by atoms with E-state index in [4.69, 9.17) is 10.00 Å². The number of carbonyl (C=O) groups is 1. The fraction of sp³-hybridized carbons (Fsp3) is 0.333. The average Bonchev–Trinajstić information content (AvgIpc) is 2.73. The number of piperazine rings is 1. The number of ether oxygens (including phenoxy) is 1. The molecule has 0 saturated carbocycles. The smallest absolute Gasteiger partial charge is 0.256 e. The van der Waals surface area contributed by atoms with Gasteiger partial charge in [-0.2, -0.15) is 5.26 Å². The molecule has 1 amide bonds. The summed E-state index contributed by atoms with van der Waals surface area (Å²) in [6.45, 7) is 2.96. The lowest BCUT2D eigenvalue weighted by Crippen LogP contribution is -2.60. The quantitative estimate of drug-likeness (QED) is 0.821. The van der Waals surface area contributed by atoms with Gasteiger partial charge in [0.25, 0.3) is 5.91 Å². The normalized spacial score (nSPS) is 22.7. The highest BCUT2D eigenvalue weighted by atomic mass is 19.1. The molecule has 0 aromatic heterocycles. The zero-order valence-electron chi connectivity index (χ0n) is 14.8. The second-order valence-corrected chi connectivity index (χ2v) is 6.91. The number of rotatable bonds is 2. The van der Waals surface area contributed by atoms with Crippen molar-refractivity contribution < 1.29 is 13.9 Å². The van der Waals surface area contributed by atoms with Gasteiger partial charge in [0.2, 0.25) is 0 Å². The Labute approximate surface area is 157 Å². The molecule has 0 aliphatic carbocycles. The van der Waals surface area contributed by atoms with Gasteiger partial charge >= 0.3 is 0 Å². The van der Waals surface area contributed by atoms with Crippen molar-refractivity contribution in [3.63, 3.8) is 0 Å². The molecule has 2 fully saturated rings. The van der Waals surface area contributed by atoms with Crippen molar-refractivity contribution in [3.8, 4) is 6.07 Å². The van der Waals surface area contributed by atoms with Crippen LogP contribution in [-0.4, -0.2) is 54.6 Å². The van der Waals surface area contributed by atoms with Crippen molar-refractivity contribution in [1.29, 1.82) is 5.26 Å². The summed E-state index contributed by atoms with van der Waals surface area (Å²) in [5.74, 6) is -0.984. The van der Waals surface area contributed by atoms with E-state index in [1.54, 1.807) is 4.90 Å². The number of carbonyl (C=O) groups excluding carboxylic acids is 1. The first-order valence-electron chi connectivity index (χ1n) is 9.04. The molecule has 2 heterocycles. The maximum Gasteiger partial charge on any atom is 0.256 e. The van der Waals surface area contributed by atoms with E-state index in [-0.39, 0.29) is 29.1 Å². The summed E-state index contributed by atoms with van der Waals surface area (Å²) >= 11 is 0. The highest BCUT2D eigenvalue weighted by Crippen LogP contribution is 2.30. The Morgan fingerprint density at radius 2 is 1.96 bits per heavy atom. The van der Waals surface area contributed by atoms with Gasteiger partial charge in [-0.3, -0.25) is 9.69 Å². The number of fused-ring (bicyclic) bond motifs is 1. The first-order valence-corrected chi connectivity index (χ1v) is 9.04. The van der Waals surface area contributed by atoms with E-state index in [2.05, 4.69) is 17.0 Å². The van der Waals surface area contributed by atoms with E-state index in [1.165, 1.54) is 17.7 Å². The number of hydrogen-bond donors (Lipinski definition) is 0. The van der Waals surface area contributed by atoms with Crippen LogP contribution in [0.4, 0.5) is 4.39 Å². The maximum absolute atomic E-state index is 14.2. The molecule has 2 aliphatic heterocycles. The van der Waals surface area contributed by atoms with Crippen LogP contribution in [0.5, 0.6) is 0 Å². The fourth-order valence-corrected chi connectivity index (χ4v) is 3.92. The molecular weight excluding hydrogens is 345 g/mol. The van der Waals surface area contributed by atoms with Crippen molar-refractivity contribution in [2.24, 2.45) is 0 Å².